The summed E-state index contributed by atoms with van der Waals surface area (Å²) in [5, 5.41) is 15.3. The fourth-order valence-corrected chi connectivity index (χ4v) is 3.36. The van der Waals surface area contributed by atoms with Gasteiger partial charge in [-0.05, 0) is 25.0 Å². The first kappa shape index (κ1) is 12.5. The van der Waals surface area contributed by atoms with Crippen LogP contribution in [0.25, 0.3) is 10.2 Å². The Balaban J connectivity index is 1.59. The highest BCUT2D eigenvalue weighted by Gasteiger charge is 2.43. The molecule has 0 radical (unpaired) electrons. The summed E-state index contributed by atoms with van der Waals surface area (Å²) in [5.41, 5.74) is 0.590. The number of nitrogens with one attached hydrogen (secondary N) is 2. The zero-order valence-electron chi connectivity index (χ0n) is 11.0. The molecule has 1 aromatic heterocycles. The predicted octanol–water partition coefficient (Wildman–Crippen LogP) is 2.24. The molecule has 2 heterocycles. The Morgan fingerprint density at radius 3 is 3.05 bits per heavy atom. The largest absolute Gasteiger partial charge is 0.465 e. The lowest BCUT2D eigenvalue weighted by atomic mass is 10.3. The van der Waals surface area contributed by atoms with Gasteiger partial charge in [0.05, 0.1) is 10.2 Å². The van der Waals surface area contributed by atoms with Crippen molar-refractivity contribution in [1.82, 2.24) is 10.3 Å². The number of amides is 1. The molecule has 8 heteroatoms. The van der Waals surface area contributed by atoms with Crippen molar-refractivity contribution < 1.29 is 19.4 Å². The fraction of sp³-hybridized carbons (Fsp3) is 0.385. The molecule has 0 atom stereocenters. The van der Waals surface area contributed by atoms with Crippen molar-refractivity contribution in [1.29, 1.82) is 0 Å². The highest BCUT2D eigenvalue weighted by Crippen LogP contribution is 2.44. The number of carbonyl (C=O) groups is 1. The van der Waals surface area contributed by atoms with E-state index in [1.807, 2.05) is 12.1 Å². The SMILES string of the molecule is O=C(O)NCC1(Nc2nc3c4c(ccc3s2)OCO4)CC1. The van der Waals surface area contributed by atoms with Gasteiger partial charge in [0.2, 0.25) is 6.79 Å². The second kappa shape index (κ2) is 4.39. The molecule has 2 aliphatic rings. The molecule has 0 saturated heterocycles. The summed E-state index contributed by atoms with van der Waals surface area (Å²) in [4.78, 5) is 15.2. The average Bonchev–Trinajstić information content (AvgIpc) is 2.87. The van der Waals surface area contributed by atoms with Gasteiger partial charge in [0.25, 0.3) is 0 Å². The maximum Gasteiger partial charge on any atom is 0.404 e. The van der Waals surface area contributed by atoms with Gasteiger partial charge in [0.1, 0.15) is 5.52 Å². The van der Waals surface area contributed by atoms with Crippen molar-refractivity contribution in [2.45, 2.75) is 18.4 Å². The van der Waals surface area contributed by atoms with Crippen LogP contribution in [0.15, 0.2) is 12.1 Å². The molecule has 1 amide bonds. The predicted molar refractivity (Wildman–Crippen MR) is 77.4 cm³/mol. The monoisotopic (exact) mass is 307 g/mol. The lowest BCUT2D eigenvalue weighted by Gasteiger charge is -2.15. The zero-order valence-corrected chi connectivity index (χ0v) is 11.8. The van der Waals surface area contributed by atoms with Crippen molar-refractivity contribution in [3.05, 3.63) is 12.1 Å². The number of hydrogen-bond donors (Lipinski definition) is 3. The molecule has 1 aliphatic carbocycles. The molecular weight excluding hydrogens is 294 g/mol. The van der Waals surface area contributed by atoms with Crippen LogP contribution in [0, 0.1) is 0 Å². The highest BCUT2D eigenvalue weighted by molar-refractivity contribution is 7.22. The molecule has 1 saturated carbocycles. The number of thiazole rings is 1. The van der Waals surface area contributed by atoms with Crippen molar-refractivity contribution in [2.24, 2.45) is 0 Å². The second-order valence-corrected chi connectivity index (χ2v) is 6.26. The third kappa shape index (κ3) is 2.21. The minimum absolute atomic E-state index is 0.202. The van der Waals surface area contributed by atoms with E-state index in [0.717, 1.165) is 28.2 Å². The van der Waals surface area contributed by atoms with Gasteiger partial charge in [-0.2, -0.15) is 0 Å². The van der Waals surface area contributed by atoms with Gasteiger partial charge < -0.3 is 25.2 Å². The first-order valence-electron chi connectivity index (χ1n) is 6.59. The average molecular weight is 307 g/mol. The minimum atomic E-state index is -1.00. The maximum atomic E-state index is 10.6. The molecule has 110 valence electrons. The number of nitrogens with zero attached hydrogens (tertiary/aromatic N) is 1. The minimum Gasteiger partial charge on any atom is -0.465 e. The molecule has 0 spiro atoms. The van der Waals surface area contributed by atoms with Crippen LogP contribution < -0.4 is 20.1 Å². The third-order valence-corrected chi connectivity index (χ3v) is 4.64. The summed E-state index contributed by atoms with van der Waals surface area (Å²) in [6.45, 7) is 0.608. The van der Waals surface area contributed by atoms with E-state index in [0.29, 0.717) is 18.0 Å². The Morgan fingerprint density at radius 1 is 1.43 bits per heavy atom. The summed E-state index contributed by atoms with van der Waals surface area (Å²) >= 11 is 1.53. The van der Waals surface area contributed by atoms with Gasteiger partial charge >= 0.3 is 6.09 Å². The number of anilines is 1. The van der Waals surface area contributed by atoms with Gasteiger partial charge in [0, 0.05) is 6.54 Å². The third-order valence-electron chi connectivity index (χ3n) is 3.70. The van der Waals surface area contributed by atoms with E-state index >= 15 is 0 Å². The van der Waals surface area contributed by atoms with Crippen molar-refractivity contribution >= 4 is 32.8 Å². The molecule has 1 aliphatic heterocycles. The normalized spacial score (nSPS) is 17.7. The molecule has 7 nitrogen and oxygen atoms in total. The van der Waals surface area contributed by atoms with Crippen molar-refractivity contribution in [3.8, 4) is 11.5 Å². The molecule has 1 fully saturated rings. The molecule has 21 heavy (non-hydrogen) atoms. The highest BCUT2D eigenvalue weighted by atomic mass is 32.1. The van der Waals surface area contributed by atoms with Crippen LogP contribution >= 0.6 is 11.3 Å². The number of fused-ring (bicyclic) bond motifs is 3. The first-order chi connectivity index (χ1) is 10.2. The van der Waals surface area contributed by atoms with Crippen LogP contribution in [0.2, 0.25) is 0 Å². The number of carboxylic acid groups (broad SMARTS) is 1. The molecule has 0 bridgehead atoms. The Kier molecular flexibility index (Phi) is 2.61. The Labute approximate surface area is 123 Å². The van der Waals surface area contributed by atoms with Gasteiger partial charge in [-0.1, -0.05) is 11.3 Å². The summed E-state index contributed by atoms with van der Waals surface area (Å²) < 4.78 is 11.8. The van der Waals surface area contributed by atoms with E-state index in [4.69, 9.17) is 14.6 Å². The Bertz CT molecular complexity index is 726. The number of benzene rings is 1. The van der Waals surface area contributed by atoms with Crippen LogP contribution in [-0.2, 0) is 0 Å². The lowest BCUT2D eigenvalue weighted by molar-refractivity contribution is 0.174. The topological polar surface area (TPSA) is 92.7 Å². The quantitative estimate of drug-likeness (QED) is 0.802. The molecule has 4 rings (SSSR count). The number of aromatic nitrogens is 1. The summed E-state index contributed by atoms with van der Waals surface area (Å²) in [7, 11) is 0. The molecule has 3 N–H and O–H groups in total. The van der Waals surface area contributed by atoms with E-state index in [1.165, 1.54) is 11.3 Å². The number of rotatable bonds is 4. The Morgan fingerprint density at radius 2 is 2.29 bits per heavy atom. The van der Waals surface area contributed by atoms with E-state index in [9.17, 15) is 4.79 Å². The lowest BCUT2D eigenvalue weighted by Crippen LogP contribution is -2.37. The Hall–Kier alpha value is -2.22. The first-order valence-corrected chi connectivity index (χ1v) is 7.41. The van der Waals surface area contributed by atoms with Gasteiger partial charge in [-0.25, -0.2) is 9.78 Å². The summed E-state index contributed by atoms with van der Waals surface area (Å²) in [6.07, 6.45) is 0.859. The smallest absolute Gasteiger partial charge is 0.404 e. The van der Waals surface area contributed by atoms with E-state index in [-0.39, 0.29) is 12.3 Å². The van der Waals surface area contributed by atoms with Crippen LogP contribution in [0.3, 0.4) is 0 Å². The van der Waals surface area contributed by atoms with Crippen LogP contribution in [0.5, 0.6) is 11.5 Å². The standard InChI is InChI=1S/C13H13N3O4S/c17-12(18)14-5-13(3-4-13)16-11-15-9-8(21-11)2-1-7-10(9)20-6-19-7/h1-2,14H,3-6H2,(H,15,16)(H,17,18). The van der Waals surface area contributed by atoms with Gasteiger partial charge in [-0.15, -0.1) is 0 Å². The molecule has 2 aromatic rings. The summed E-state index contributed by atoms with van der Waals surface area (Å²) in [5.74, 6) is 1.40. The van der Waals surface area contributed by atoms with Crippen molar-refractivity contribution in [3.63, 3.8) is 0 Å². The zero-order chi connectivity index (χ0) is 14.4. The van der Waals surface area contributed by atoms with Gasteiger partial charge in [-0.3, -0.25) is 0 Å². The fourth-order valence-electron chi connectivity index (χ4n) is 2.38. The van der Waals surface area contributed by atoms with E-state index < -0.39 is 6.09 Å². The van der Waals surface area contributed by atoms with Gasteiger partial charge in [0.15, 0.2) is 16.6 Å². The summed E-state index contributed by atoms with van der Waals surface area (Å²) in [6, 6.07) is 3.84. The van der Waals surface area contributed by atoms with E-state index in [1.54, 1.807) is 0 Å². The second-order valence-electron chi connectivity index (χ2n) is 5.23. The van der Waals surface area contributed by atoms with Crippen LogP contribution in [0.1, 0.15) is 12.8 Å². The molecular formula is C13H13N3O4S. The van der Waals surface area contributed by atoms with Crippen LogP contribution in [0.4, 0.5) is 9.93 Å². The van der Waals surface area contributed by atoms with E-state index in [2.05, 4.69) is 15.6 Å². The van der Waals surface area contributed by atoms with Crippen LogP contribution in [-0.4, -0.2) is 35.1 Å². The number of ether oxygens (including phenoxy) is 2. The molecule has 1 aromatic carbocycles. The molecule has 0 unspecified atom stereocenters. The maximum absolute atomic E-state index is 10.6. The van der Waals surface area contributed by atoms with Crippen molar-refractivity contribution in [2.75, 3.05) is 18.7 Å². The number of hydrogen-bond acceptors (Lipinski definition) is 6.